The Labute approximate surface area is 375 Å². The average Bonchev–Trinajstić information content (AvgIpc) is 3.94. The van der Waals surface area contributed by atoms with Crippen molar-refractivity contribution in [2.24, 2.45) is 17.6 Å². The second-order valence-corrected chi connectivity index (χ2v) is 18.3. The number of nitrogens with one attached hydrogen (secondary N) is 4. The highest BCUT2D eigenvalue weighted by atomic mass is 16.5. The van der Waals surface area contributed by atoms with Gasteiger partial charge in [0.15, 0.2) is 0 Å². The quantitative estimate of drug-likeness (QED) is 0.0590. The van der Waals surface area contributed by atoms with Crippen LogP contribution in [0.3, 0.4) is 0 Å². The van der Waals surface area contributed by atoms with Crippen LogP contribution in [0.4, 0.5) is 0 Å². The van der Waals surface area contributed by atoms with Crippen LogP contribution in [0.15, 0.2) is 60.7 Å². The third-order valence-electron chi connectivity index (χ3n) is 14.0. The molecule has 0 saturated carbocycles. The minimum atomic E-state index is -0.936. The Hall–Kier alpha value is -3.96. The maximum atomic E-state index is 14.6. The smallest absolute Gasteiger partial charge is 0.252 e. The summed E-state index contributed by atoms with van der Waals surface area (Å²) < 4.78 is 13.5. The van der Waals surface area contributed by atoms with Crippen molar-refractivity contribution in [1.82, 2.24) is 40.9 Å². The van der Waals surface area contributed by atoms with Gasteiger partial charge in [-0.3, -0.25) is 34.3 Å². The van der Waals surface area contributed by atoms with Gasteiger partial charge in [0.1, 0.15) is 12.2 Å². The number of benzene rings is 2. The maximum Gasteiger partial charge on any atom is 0.252 e. The second-order valence-electron chi connectivity index (χ2n) is 18.3. The number of hydrogen-bond acceptors (Lipinski definition) is 11. The number of carbonyl (C=O) groups is 4. The molecular weight excluding hydrogens is 799 g/mol. The number of piperidine rings is 2. The molecule has 0 bridgehead atoms. The molecule has 2 aromatic carbocycles. The molecule has 2 aromatic rings. The molecule has 4 heterocycles. The topological polar surface area (TPSA) is 174 Å². The molecule has 4 aliphatic heterocycles. The molecule has 6 rings (SSSR count). The number of fused-ring (bicyclic) bond motifs is 2. The fraction of sp³-hybridized carbons (Fsp3) is 0.667. The zero-order valence-electron chi connectivity index (χ0n) is 38.2. The standard InChI is InChI=1S/C48H75N9O6/c1-34(52-46(59)35(2)50-3)13-11-12-18-40(53-47(60)45(49)51-4)48(61)57-26-22-39-42(57)30-55(24-20-37-16-9-6-10-17-37)32-44(39)63-28-27-62-43-31-54(23-19-36-14-7-5-8-15-36)29-41-38(43)21-25-56(41)33-58/h5-10,14-17,33-35,38-45,50-51H,11-13,18-32,49H2,1-4H3,(H,52,59)(H,53,60)/t34-,35+,38-,39?,40+,41-,42-,43?,44?,45-/m1/s1. The zero-order chi connectivity index (χ0) is 44.7. The second kappa shape index (κ2) is 24.4. The lowest BCUT2D eigenvalue weighted by molar-refractivity contribution is -0.141. The largest absolute Gasteiger partial charge is 0.374 e. The molecule has 4 amide bonds. The van der Waals surface area contributed by atoms with E-state index in [2.05, 4.69) is 79.6 Å². The van der Waals surface area contributed by atoms with Crippen molar-refractivity contribution in [3.63, 3.8) is 0 Å². The van der Waals surface area contributed by atoms with Gasteiger partial charge in [0.2, 0.25) is 18.2 Å². The summed E-state index contributed by atoms with van der Waals surface area (Å²) in [5.74, 6) is -0.0961. The van der Waals surface area contributed by atoms with Crippen LogP contribution >= 0.6 is 0 Å². The van der Waals surface area contributed by atoms with E-state index in [1.807, 2.05) is 35.8 Å². The lowest BCUT2D eigenvalue weighted by atomic mass is 9.88. The van der Waals surface area contributed by atoms with E-state index in [-0.39, 0.29) is 54.1 Å². The van der Waals surface area contributed by atoms with E-state index in [9.17, 15) is 19.2 Å². The lowest BCUT2D eigenvalue weighted by Crippen LogP contribution is -2.60. The van der Waals surface area contributed by atoms with Gasteiger partial charge in [-0.1, -0.05) is 73.5 Å². The molecule has 4 fully saturated rings. The predicted octanol–water partition coefficient (Wildman–Crippen LogP) is 1.60. The number of amides is 4. The number of carbonyl (C=O) groups excluding carboxylic acids is 4. The first-order chi connectivity index (χ1) is 30.6. The molecule has 63 heavy (non-hydrogen) atoms. The molecule has 15 nitrogen and oxygen atoms in total. The minimum Gasteiger partial charge on any atom is -0.374 e. The molecule has 10 atom stereocenters. The molecule has 348 valence electrons. The first kappa shape index (κ1) is 48.5. The number of nitrogens with zero attached hydrogens (tertiary/aromatic N) is 4. The number of likely N-dealkylation sites (N-methyl/N-ethyl adjacent to an activating group) is 2. The van der Waals surface area contributed by atoms with Crippen LogP contribution in [0, 0.1) is 11.8 Å². The van der Waals surface area contributed by atoms with Crippen LogP contribution in [-0.2, 0) is 41.5 Å². The molecule has 0 aliphatic carbocycles. The summed E-state index contributed by atoms with van der Waals surface area (Å²) in [6, 6.07) is 20.1. The van der Waals surface area contributed by atoms with Gasteiger partial charge in [0, 0.05) is 82.3 Å². The summed E-state index contributed by atoms with van der Waals surface area (Å²) in [7, 11) is 3.38. The van der Waals surface area contributed by atoms with Gasteiger partial charge in [-0.2, -0.15) is 0 Å². The van der Waals surface area contributed by atoms with Gasteiger partial charge in [-0.15, -0.1) is 0 Å². The van der Waals surface area contributed by atoms with Gasteiger partial charge >= 0.3 is 0 Å². The van der Waals surface area contributed by atoms with Crippen molar-refractivity contribution < 1.29 is 28.7 Å². The van der Waals surface area contributed by atoms with Gasteiger partial charge in [0.25, 0.3) is 5.91 Å². The third-order valence-corrected chi connectivity index (χ3v) is 14.0. The number of hydrogen-bond donors (Lipinski definition) is 5. The maximum absolute atomic E-state index is 14.6. The molecule has 0 spiro atoms. The van der Waals surface area contributed by atoms with Crippen LogP contribution in [0.1, 0.15) is 63.5 Å². The van der Waals surface area contributed by atoms with Crippen molar-refractivity contribution in [3.8, 4) is 0 Å². The number of unbranched alkanes of at least 4 members (excludes halogenated alkanes) is 1. The van der Waals surface area contributed by atoms with Crippen LogP contribution in [-0.4, -0.2) is 172 Å². The van der Waals surface area contributed by atoms with Crippen molar-refractivity contribution in [3.05, 3.63) is 71.8 Å². The molecule has 0 aromatic heterocycles. The van der Waals surface area contributed by atoms with E-state index in [1.165, 1.54) is 11.1 Å². The summed E-state index contributed by atoms with van der Waals surface area (Å²) >= 11 is 0. The van der Waals surface area contributed by atoms with E-state index < -0.39 is 18.1 Å². The fourth-order valence-corrected chi connectivity index (χ4v) is 10.2. The van der Waals surface area contributed by atoms with Gasteiger partial charge in [-0.05, 0) is 77.6 Å². The Morgan fingerprint density at radius 1 is 0.730 bits per heavy atom. The monoisotopic (exact) mass is 874 g/mol. The first-order valence-corrected chi connectivity index (χ1v) is 23.6. The van der Waals surface area contributed by atoms with Crippen LogP contribution in [0.5, 0.6) is 0 Å². The lowest BCUT2D eigenvalue weighted by Gasteiger charge is -2.44. The summed E-state index contributed by atoms with van der Waals surface area (Å²) in [5.41, 5.74) is 8.63. The highest BCUT2D eigenvalue weighted by molar-refractivity contribution is 5.89. The summed E-state index contributed by atoms with van der Waals surface area (Å²) in [6.45, 7) is 11.0. The molecule has 4 saturated heterocycles. The Bertz CT molecular complexity index is 1730. The number of nitrogens with two attached hydrogens (primary N) is 1. The van der Waals surface area contributed by atoms with Gasteiger partial charge in [0.05, 0.1) is 31.5 Å². The summed E-state index contributed by atoms with van der Waals surface area (Å²) in [5, 5.41) is 11.8. The van der Waals surface area contributed by atoms with Crippen molar-refractivity contribution >= 4 is 24.1 Å². The van der Waals surface area contributed by atoms with E-state index in [1.54, 1.807) is 14.1 Å². The average molecular weight is 874 g/mol. The number of likely N-dealkylation sites (tertiary alicyclic amines) is 4. The van der Waals surface area contributed by atoms with Gasteiger partial charge in [-0.25, -0.2) is 0 Å². The van der Waals surface area contributed by atoms with Crippen molar-refractivity contribution in [2.75, 3.05) is 79.7 Å². The highest BCUT2D eigenvalue weighted by Crippen LogP contribution is 2.36. The van der Waals surface area contributed by atoms with E-state index >= 15 is 0 Å². The summed E-state index contributed by atoms with van der Waals surface area (Å²) in [4.78, 5) is 61.0. The van der Waals surface area contributed by atoms with Crippen LogP contribution < -0.4 is 27.0 Å². The van der Waals surface area contributed by atoms with Gasteiger partial charge < -0.3 is 41.0 Å². The third kappa shape index (κ3) is 13.5. The zero-order valence-corrected chi connectivity index (χ0v) is 38.2. The normalized spacial score (nSPS) is 25.7. The number of ether oxygens (including phenoxy) is 2. The Morgan fingerprint density at radius 2 is 1.29 bits per heavy atom. The Morgan fingerprint density at radius 3 is 1.86 bits per heavy atom. The first-order valence-electron chi connectivity index (χ1n) is 23.6. The SMILES string of the molecule is CN[C@@H](C)C(=O)N[C@H](C)CCCC[C@H](NC(=O)[C@H](N)NC)C(=O)N1CCC2C(OCCOC3CN(CCc4ccccc4)C[C@@H]4[C@H]3CCN4C=O)CN(CCc3ccccc3)C[C@H]21. The molecule has 3 unspecified atom stereocenters. The molecule has 0 radical (unpaired) electrons. The summed E-state index contributed by atoms with van der Waals surface area (Å²) in [6.07, 6.45) is 6.31. The van der Waals surface area contributed by atoms with Crippen LogP contribution in [0.2, 0.25) is 0 Å². The fourth-order valence-electron chi connectivity index (χ4n) is 10.2. The molecule has 4 aliphatic rings. The molecule has 15 heteroatoms. The Kier molecular flexibility index (Phi) is 18.8. The van der Waals surface area contributed by atoms with Crippen molar-refractivity contribution in [2.45, 2.75) is 114 Å². The minimum absolute atomic E-state index is 0.0151. The van der Waals surface area contributed by atoms with E-state index in [0.717, 1.165) is 90.7 Å². The molecule has 6 N–H and O–H groups in total. The van der Waals surface area contributed by atoms with Crippen molar-refractivity contribution in [1.29, 1.82) is 0 Å². The Balaban J connectivity index is 1.09. The predicted molar refractivity (Wildman–Crippen MR) is 244 cm³/mol. The highest BCUT2D eigenvalue weighted by Gasteiger charge is 2.48. The van der Waals surface area contributed by atoms with Crippen LogP contribution in [0.25, 0.3) is 0 Å². The number of rotatable bonds is 24. The van der Waals surface area contributed by atoms with E-state index in [0.29, 0.717) is 38.5 Å². The van der Waals surface area contributed by atoms with E-state index in [4.69, 9.17) is 15.2 Å². The molecular formula is C48H75N9O6.